The third-order valence-corrected chi connectivity index (χ3v) is 1.32. The molecule has 60 valence electrons. The van der Waals surface area contributed by atoms with Crippen molar-refractivity contribution in [1.82, 2.24) is 4.58 Å². The summed E-state index contributed by atoms with van der Waals surface area (Å²) in [5, 5.41) is 17.0. The van der Waals surface area contributed by atoms with E-state index in [0.29, 0.717) is 0 Å². The number of carbonyl (C=O) groups is 1. The van der Waals surface area contributed by atoms with Gasteiger partial charge in [-0.05, 0) is 5.92 Å². The average molecular weight is 168 g/mol. The van der Waals surface area contributed by atoms with Crippen LogP contribution in [0.5, 0.6) is 0 Å². The van der Waals surface area contributed by atoms with Gasteiger partial charge in [0.2, 0.25) is 0 Å². The van der Waals surface area contributed by atoms with Crippen LogP contribution in [0.3, 0.4) is 0 Å². The van der Waals surface area contributed by atoms with Gasteiger partial charge in [-0.2, -0.15) is 0 Å². The molecule has 0 heterocycles. The second kappa shape index (κ2) is 3.75. The van der Waals surface area contributed by atoms with Crippen LogP contribution in [0, 0.1) is 5.92 Å². The molecule has 0 aromatic heterocycles. The number of carboxylic acids is 1. The second-order valence-electron chi connectivity index (χ2n) is 2.32. The van der Waals surface area contributed by atoms with Crippen molar-refractivity contribution < 1.29 is 15.1 Å². The van der Waals surface area contributed by atoms with Gasteiger partial charge < -0.3 is 5.11 Å². The van der Waals surface area contributed by atoms with Gasteiger partial charge in [-0.1, -0.05) is 18.4 Å². The van der Waals surface area contributed by atoms with Crippen molar-refractivity contribution in [3.8, 4) is 0 Å². The molecule has 0 aliphatic rings. The molecule has 0 aliphatic carbocycles. The molecule has 0 aromatic carbocycles. The normalized spacial score (nSPS) is 14.2. The summed E-state index contributed by atoms with van der Waals surface area (Å²) < 4.78 is 0.188. The van der Waals surface area contributed by atoms with Crippen LogP contribution in [0.25, 0.3) is 0 Å². The van der Waals surface area contributed by atoms with E-state index in [-0.39, 0.29) is 10.5 Å². The molecule has 4 nitrogen and oxygen atoms in total. The number of hydrogen-bond acceptors (Lipinski definition) is 3. The number of aliphatic carboxylic acids is 1. The van der Waals surface area contributed by atoms with E-state index in [1.165, 1.54) is 0 Å². The van der Waals surface area contributed by atoms with E-state index in [4.69, 9.17) is 22.1 Å². The molecular weight excluding hydrogens is 158 g/mol. The summed E-state index contributed by atoms with van der Waals surface area (Å²) in [4.78, 5) is 10.3. The molecule has 0 aliphatic heterocycles. The topological polar surface area (TPSA) is 60.8 Å². The zero-order valence-electron chi connectivity index (χ0n) is 5.78. The molecule has 0 saturated heterocycles. The lowest BCUT2D eigenvalue weighted by atomic mass is 10.1. The molecule has 0 radical (unpaired) electrons. The molecule has 0 amide bonds. The highest BCUT2D eigenvalue weighted by molar-refractivity contribution is 6.13. The van der Waals surface area contributed by atoms with Gasteiger partial charge >= 0.3 is 5.97 Å². The minimum atomic E-state index is -1.13. The Kier molecular flexibility index (Phi) is 3.63. The fourth-order valence-electron chi connectivity index (χ4n) is 0.622. The van der Waals surface area contributed by atoms with Gasteiger partial charge in [0, 0.05) is 11.8 Å². The Hall–Kier alpha value is -0.320. The molecule has 0 bridgehead atoms. The highest BCUT2D eigenvalue weighted by Crippen LogP contribution is 2.10. The molecule has 0 aromatic rings. The Morgan fingerprint density at radius 1 is 1.60 bits per heavy atom. The van der Waals surface area contributed by atoms with Crippen molar-refractivity contribution in [2.45, 2.75) is 19.9 Å². The third-order valence-electron chi connectivity index (χ3n) is 1.11. The number of halogens is 1. The van der Waals surface area contributed by atoms with Crippen LogP contribution in [0.1, 0.15) is 13.8 Å². The zero-order valence-corrected chi connectivity index (χ0v) is 6.54. The van der Waals surface area contributed by atoms with Gasteiger partial charge in [0.25, 0.3) is 0 Å². The van der Waals surface area contributed by atoms with Crippen molar-refractivity contribution in [2.75, 3.05) is 0 Å². The van der Waals surface area contributed by atoms with E-state index in [0.717, 1.165) is 0 Å². The van der Waals surface area contributed by atoms with E-state index < -0.39 is 12.0 Å². The summed E-state index contributed by atoms with van der Waals surface area (Å²) in [6.45, 7) is 3.31. The minimum Gasteiger partial charge on any atom is -0.480 e. The Labute approximate surface area is 64.1 Å². The highest BCUT2D eigenvalue weighted by atomic mass is 35.5. The SMILES string of the molecule is CC(C)[C@@H](C(=O)O)N(O)Cl. The average Bonchev–Trinajstić information content (AvgIpc) is 1.59. The number of hydroxylamine groups is 1. The molecule has 10 heavy (non-hydrogen) atoms. The predicted molar refractivity (Wildman–Crippen MR) is 35.7 cm³/mol. The Balaban J connectivity index is 4.12. The van der Waals surface area contributed by atoms with Gasteiger partial charge in [-0.3, -0.25) is 10.0 Å². The van der Waals surface area contributed by atoms with E-state index in [1.54, 1.807) is 13.8 Å². The van der Waals surface area contributed by atoms with Gasteiger partial charge in [0.05, 0.1) is 0 Å². The standard InChI is InChI=1S/C5H10ClNO3/c1-3(2)4(5(8)9)7(6)10/h3-4,10H,1-2H3,(H,8,9)/t4-/m0/s1. The molecule has 2 N–H and O–H groups in total. The maximum atomic E-state index is 10.3. The highest BCUT2D eigenvalue weighted by Gasteiger charge is 2.26. The monoisotopic (exact) mass is 167 g/mol. The van der Waals surface area contributed by atoms with Gasteiger partial charge in [-0.25, -0.2) is 0 Å². The van der Waals surface area contributed by atoms with Crippen LogP contribution >= 0.6 is 11.8 Å². The summed E-state index contributed by atoms with van der Waals surface area (Å²) in [5.41, 5.74) is 0. The fourth-order valence-corrected chi connectivity index (χ4v) is 0.931. The first-order valence-corrected chi connectivity index (χ1v) is 3.17. The largest absolute Gasteiger partial charge is 0.480 e. The lowest BCUT2D eigenvalue weighted by Crippen LogP contribution is -2.37. The molecule has 0 saturated carbocycles. The van der Waals surface area contributed by atoms with Crippen LogP contribution in [0.2, 0.25) is 0 Å². The van der Waals surface area contributed by atoms with Crippen LogP contribution in [-0.2, 0) is 4.79 Å². The maximum Gasteiger partial charge on any atom is 0.325 e. The number of rotatable bonds is 3. The van der Waals surface area contributed by atoms with Crippen molar-refractivity contribution in [3.05, 3.63) is 0 Å². The number of nitrogens with zero attached hydrogens (tertiary/aromatic N) is 1. The molecule has 0 spiro atoms. The van der Waals surface area contributed by atoms with Crippen LogP contribution in [0.15, 0.2) is 0 Å². The summed E-state index contributed by atoms with van der Waals surface area (Å²) in [6, 6.07) is -1.04. The molecule has 0 unspecified atom stereocenters. The van der Waals surface area contributed by atoms with Crippen molar-refractivity contribution in [2.24, 2.45) is 5.92 Å². The lowest BCUT2D eigenvalue weighted by Gasteiger charge is -2.18. The predicted octanol–water partition coefficient (Wildman–Crippen LogP) is 0.941. The maximum absolute atomic E-state index is 10.3. The Morgan fingerprint density at radius 2 is 2.00 bits per heavy atom. The van der Waals surface area contributed by atoms with Crippen LogP contribution < -0.4 is 0 Å². The molecule has 1 atom stereocenters. The van der Waals surface area contributed by atoms with E-state index in [2.05, 4.69) is 0 Å². The van der Waals surface area contributed by atoms with Crippen LogP contribution in [-0.4, -0.2) is 26.9 Å². The van der Waals surface area contributed by atoms with E-state index in [9.17, 15) is 4.79 Å². The number of hydrogen-bond donors (Lipinski definition) is 2. The van der Waals surface area contributed by atoms with Crippen molar-refractivity contribution >= 4 is 17.7 Å². The van der Waals surface area contributed by atoms with E-state index >= 15 is 0 Å². The van der Waals surface area contributed by atoms with Gasteiger partial charge in [0.15, 0.2) is 6.04 Å². The first-order chi connectivity index (χ1) is 4.46. The fraction of sp³-hybridized carbons (Fsp3) is 0.800. The first-order valence-electron chi connectivity index (χ1n) is 2.83. The summed E-state index contributed by atoms with van der Waals surface area (Å²) in [6.07, 6.45) is 0. The quantitative estimate of drug-likeness (QED) is 0.485. The molecule has 0 fully saturated rings. The zero-order chi connectivity index (χ0) is 8.31. The first kappa shape index (κ1) is 9.68. The minimum absolute atomic E-state index is 0.188. The Bertz CT molecular complexity index is 118. The summed E-state index contributed by atoms with van der Waals surface area (Å²) >= 11 is 5.04. The van der Waals surface area contributed by atoms with Gasteiger partial charge in [-0.15, -0.1) is 0 Å². The summed E-state index contributed by atoms with van der Waals surface area (Å²) in [5.74, 6) is -1.35. The van der Waals surface area contributed by atoms with Crippen LogP contribution in [0.4, 0.5) is 0 Å². The smallest absolute Gasteiger partial charge is 0.325 e. The van der Waals surface area contributed by atoms with Gasteiger partial charge in [0.1, 0.15) is 0 Å². The van der Waals surface area contributed by atoms with E-state index in [1.807, 2.05) is 0 Å². The molecular formula is C5H10ClNO3. The molecule has 5 heteroatoms. The number of carboxylic acid groups (broad SMARTS) is 1. The second-order valence-corrected chi connectivity index (χ2v) is 2.66. The third kappa shape index (κ3) is 2.51. The Morgan fingerprint density at radius 3 is 2.00 bits per heavy atom. The molecule has 0 rings (SSSR count). The lowest BCUT2D eigenvalue weighted by molar-refractivity contribution is -0.154. The van der Waals surface area contributed by atoms with Crippen molar-refractivity contribution in [3.63, 3.8) is 0 Å². The summed E-state index contributed by atoms with van der Waals surface area (Å²) in [7, 11) is 0. The van der Waals surface area contributed by atoms with Crippen molar-refractivity contribution in [1.29, 1.82) is 0 Å².